The number of fused-ring (bicyclic) bond motifs is 2. The van der Waals surface area contributed by atoms with Crippen LogP contribution in [-0.2, 0) is 0 Å². The van der Waals surface area contributed by atoms with Crippen molar-refractivity contribution in [2.24, 2.45) is 0 Å². The maximum absolute atomic E-state index is 5.02. The van der Waals surface area contributed by atoms with Gasteiger partial charge in [-0.3, -0.25) is 9.97 Å². The number of aromatic nitrogens is 3. The molecule has 0 spiro atoms. The highest BCUT2D eigenvalue weighted by Gasteiger charge is 2.17. The van der Waals surface area contributed by atoms with E-state index < -0.39 is 0 Å². The molecule has 44 heavy (non-hydrogen) atoms. The van der Waals surface area contributed by atoms with Gasteiger partial charge in [-0.15, -0.1) is 0 Å². The molecule has 7 rings (SSSR count). The molecule has 4 aromatic carbocycles. The van der Waals surface area contributed by atoms with Crippen LogP contribution >= 0.6 is 0 Å². The lowest BCUT2D eigenvalue weighted by molar-refractivity contribution is 1.22. The molecule has 3 nitrogen and oxygen atoms in total. The van der Waals surface area contributed by atoms with Gasteiger partial charge < -0.3 is 0 Å². The number of rotatable bonds is 7. The average Bonchev–Trinajstić information content (AvgIpc) is 3.10. The Hall–Kier alpha value is -5.93. The summed E-state index contributed by atoms with van der Waals surface area (Å²) in [6.07, 6.45) is 9.25. The molecule has 3 heteroatoms. The Labute approximate surface area is 257 Å². The number of pyridine rings is 3. The highest BCUT2D eigenvalue weighted by Crippen LogP contribution is 2.41. The van der Waals surface area contributed by atoms with Crippen molar-refractivity contribution in [3.8, 4) is 45.0 Å². The molecule has 0 aliphatic rings. The lowest BCUT2D eigenvalue weighted by Gasteiger charge is -2.17. The second-order valence-electron chi connectivity index (χ2n) is 10.6. The van der Waals surface area contributed by atoms with E-state index in [-0.39, 0.29) is 0 Å². The molecule has 208 valence electrons. The van der Waals surface area contributed by atoms with E-state index in [4.69, 9.17) is 4.98 Å². The molecule has 0 radical (unpaired) electrons. The second-order valence-corrected chi connectivity index (χ2v) is 10.6. The van der Waals surface area contributed by atoms with Gasteiger partial charge in [0, 0.05) is 12.4 Å². The highest BCUT2D eigenvalue weighted by atomic mass is 14.8. The topological polar surface area (TPSA) is 38.7 Å². The SMILES string of the molecule is C=C/C=C(\C=C)c1ccc2cc(-c3ccc4ccccc4c3-c3cc(-c4ccccn4)nc(-c4ccccn4)c3)ccc2c1. The molecule has 0 amide bonds. The molecule has 3 aromatic heterocycles. The predicted molar refractivity (Wildman–Crippen MR) is 185 cm³/mol. The zero-order chi connectivity index (χ0) is 29.9. The molecule has 0 fully saturated rings. The van der Waals surface area contributed by atoms with E-state index in [2.05, 4.69) is 108 Å². The lowest BCUT2D eigenvalue weighted by atomic mass is 9.88. The molecule has 0 bridgehead atoms. The molecule has 0 atom stereocenters. The van der Waals surface area contributed by atoms with E-state index in [1.165, 1.54) is 21.5 Å². The molecular weight excluding hydrogens is 534 g/mol. The summed E-state index contributed by atoms with van der Waals surface area (Å²) in [7, 11) is 0. The van der Waals surface area contributed by atoms with Gasteiger partial charge in [0.25, 0.3) is 0 Å². The first-order valence-electron chi connectivity index (χ1n) is 14.6. The number of hydrogen-bond donors (Lipinski definition) is 0. The molecule has 0 unspecified atom stereocenters. The fourth-order valence-electron chi connectivity index (χ4n) is 5.79. The van der Waals surface area contributed by atoms with Crippen molar-refractivity contribution in [2.75, 3.05) is 0 Å². The first kappa shape index (κ1) is 26.9. The highest BCUT2D eigenvalue weighted by molar-refractivity contribution is 6.06. The van der Waals surface area contributed by atoms with Gasteiger partial charge in [0.15, 0.2) is 0 Å². The Morgan fingerprint density at radius 3 is 1.89 bits per heavy atom. The minimum atomic E-state index is 0.805. The lowest BCUT2D eigenvalue weighted by Crippen LogP contribution is -1.95. The maximum atomic E-state index is 5.02. The van der Waals surface area contributed by atoms with Crippen LogP contribution in [0.2, 0.25) is 0 Å². The van der Waals surface area contributed by atoms with Crippen molar-refractivity contribution in [3.63, 3.8) is 0 Å². The summed E-state index contributed by atoms with van der Waals surface area (Å²) < 4.78 is 0. The number of hydrogen-bond acceptors (Lipinski definition) is 3. The third-order valence-electron chi connectivity index (χ3n) is 7.90. The predicted octanol–water partition coefficient (Wildman–Crippen LogP) is 10.6. The summed E-state index contributed by atoms with van der Waals surface area (Å²) in [6, 6.07) is 42.3. The Bertz CT molecular complexity index is 2140. The van der Waals surface area contributed by atoms with Crippen LogP contribution in [0.25, 0.3) is 72.1 Å². The van der Waals surface area contributed by atoms with E-state index in [1.54, 1.807) is 18.5 Å². The Morgan fingerprint density at radius 2 is 1.20 bits per heavy atom. The van der Waals surface area contributed by atoms with Crippen molar-refractivity contribution in [3.05, 3.63) is 171 Å². The minimum Gasteiger partial charge on any atom is -0.255 e. The smallest absolute Gasteiger partial charge is 0.0900 e. The van der Waals surface area contributed by atoms with Crippen molar-refractivity contribution in [2.45, 2.75) is 0 Å². The quantitative estimate of drug-likeness (QED) is 0.181. The molecule has 0 aliphatic heterocycles. The van der Waals surface area contributed by atoms with Gasteiger partial charge in [0.05, 0.1) is 22.8 Å². The Morgan fingerprint density at radius 1 is 0.545 bits per heavy atom. The van der Waals surface area contributed by atoms with Gasteiger partial charge >= 0.3 is 0 Å². The van der Waals surface area contributed by atoms with Crippen LogP contribution in [0.15, 0.2) is 165 Å². The monoisotopic (exact) mass is 563 g/mol. The Balaban J connectivity index is 1.46. The number of allylic oxidation sites excluding steroid dienone is 4. The van der Waals surface area contributed by atoms with Gasteiger partial charge in [0.1, 0.15) is 0 Å². The summed E-state index contributed by atoms with van der Waals surface area (Å²) in [4.78, 5) is 14.3. The van der Waals surface area contributed by atoms with E-state index in [0.717, 1.165) is 56.2 Å². The fourth-order valence-corrected chi connectivity index (χ4v) is 5.79. The average molecular weight is 564 g/mol. The third kappa shape index (κ3) is 5.12. The fraction of sp³-hybridized carbons (Fsp3) is 0. The van der Waals surface area contributed by atoms with E-state index >= 15 is 0 Å². The molecule has 0 saturated carbocycles. The summed E-state index contributed by atoms with van der Waals surface area (Å²) in [6.45, 7) is 7.82. The first-order valence-corrected chi connectivity index (χ1v) is 14.6. The van der Waals surface area contributed by atoms with Crippen LogP contribution < -0.4 is 0 Å². The van der Waals surface area contributed by atoms with Crippen molar-refractivity contribution < 1.29 is 0 Å². The third-order valence-corrected chi connectivity index (χ3v) is 7.90. The van der Waals surface area contributed by atoms with E-state index in [1.807, 2.05) is 48.6 Å². The summed E-state index contributed by atoms with van der Waals surface area (Å²) in [5, 5.41) is 4.70. The van der Waals surface area contributed by atoms with Crippen LogP contribution in [0.1, 0.15) is 5.56 Å². The zero-order valence-electron chi connectivity index (χ0n) is 24.2. The molecule has 7 aromatic rings. The van der Waals surface area contributed by atoms with Crippen LogP contribution in [0.5, 0.6) is 0 Å². The van der Waals surface area contributed by atoms with Gasteiger partial charge in [-0.05, 0) is 103 Å². The van der Waals surface area contributed by atoms with Crippen LogP contribution in [0.3, 0.4) is 0 Å². The Kier molecular flexibility index (Phi) is 7.19. The number of nitrogens with zero attached hydrogens (tertiary/aromatic N) is 3. The summed E-state index contributed by atoms with van der Waals surface area (Å²) in [5.74, 6) is 0. The largest absolute Gasteiger partial charge is 0.255 e. The van der Waals surface area contributed by atoms with E-state index in [9.17, 15) is 0 Å². The van der Waals surface area contributed by atoms with Gasteiger partial charge in [-0.25, -0.2) is 4.98 Å². The summed E-state index contributed by atoms with van der Waals surface area (Å²) >= 11 is 0. The summed E-state index contributed by atoms with van der Waals surface area (Å²) in [5.41, 5.74) is 9.93. The van der Waals surface area contributed by atoms with Gasteiger partial charge in [0.2, 0.25) is 0 Å². The second kappa shape index (κ2) is 11.7. The van der Waals surface area contributed by atoms with Crippen LogP contribution in [0.4, 0.5) is 0 Å². The first-order chi connectivity index (χ1) is 21.7. The van der Waals surface area contributed by atoms with Crippen molar-refractivity contribution in [1.82, 2.24) is 15.0 Å². The minimum absolute atomic E-state index is 0.805. The standard InChI is InChI=1S/C41H29N3/c1-3-11-28(4-2)30-16-17-32-25-33(19-18-31(32)24-30)36-21-20-29-12-5-6-13-35(29)41(36)34-26-39(37-14-7-9-22-42-37)44-40(27-34)38-15-8-10-23-43-38/h3-27H,1-2H2/b28-11+. The van der Waals surface area contributed by atoms with E-state index in [0.29, 0.717) is 0 Å². The maximum Gasteiger partial charge on any atom is 0.0900 e. The van der Waals surface area contributed by atoms with Crippen LogP contribution in [0, 0.1) is 0 Å². The van der Waals surface area contributed by atoms with Crippen molar-refractivity contribution in [1.29, 1.82) is 0 Å². The zero-order valence-corrected chi connectivity index (χ0v) is 24.2. The molecule has 3 heterocycles. The van der Waals surface area contributed by atoms with Gasteiger partial charge in [-0.2, -0.15) is 0 Å². The molecule has 0 saturated heterocycles. The van der Waals surface area contributed by atoms with Crippen molar-refractivity contribution >= 4 is 27.1 Å². The molecule has 0 N–H and O–H groups in total. The van der Waals surface area contributed by atoms with Crippen LogP contribution in [-0.4, -0.2) is 15.0 Å². The molecule has 0 aliphatic carbocycles. The normalized spacial score (nSPS) is 11.5. The number of benzene rings is 4. The molecular formula is C41H29N3. The van der Waals surface area contributed by atoms with Gasteiger partial charge in [-0.1, -0.05) is 104 Å².